The number of methoxy groups -OCH3 is 2. The van der Waals surface area contributed by atoms with Crippen LogP contribution in [0.15, 0.2) is 18.2 Å². The number of hydrogen-bond acceptors (Lipinski definition) is 5. The zero-order chi connectivity index (χ0) is 23.3. The van der Waals surface area contributed by atoms with Gasteiger partial charge in [-0.15, -0.1) is 0 Å². The van der Waals surface area contributed by atoms with E-state index in [2.05, 4.69) is 5.32 Å². The Labute approximate surface area is 190 Å². The number of likely N-dealkylation sites (N-methyl/N-ethyl adjacent to an activating group) is 1. The maximum absolute atomic E-state index is 13.3. The highest BCUT2D eigenvalue weighted by Crippen LogP contribution is 2.44. The van der Waals surface area contributed by atoms with Crippen LogP contribution in [0.4, 0.5) is 0 Å². The van der Waals surface area contributed by atoms with Gasteiger partial charge in [0.2, 0.25) is 11.8 Å². The Balaban J connectivity index is 1.65. The van der Waals surface area contributed by atoms with Crippen LogP contribution in [-0.4, -0.2) is 80.6 Å². The van der Waals surface area contributed by atoms with Crippen molar-refractivity contribution in [2.75, 3.05) is 47.0 Å². The lowest BCUT2D eigenvalue weighted by Crippen LogP contribution is -2.47. The number of benzene rings is 1. The normalized spacial score (nSPS) is 20.0. The molecule has 0 saturated carbocycles. The highest BCUT2D eigenvalue weighted by atomic mass is 16.5. The number of carbonyl (C=O) groups excluding carboxylic acids is 3. The van der Waals surface area contributed by atoms with Crippen LogP contribution in [0.2, 0.25) is 0 Å². The predicted molar refractivity (Wildman–Crippen MR) is 121 cm³/mol. The standard InChI is InChI=1S/C24H35N3O5/c1-5-27-20(21(28)25-11-6-14-31-3)16-24(23(27)30)9-12-26(13-10-24)22(29)19-8-7-18(32-4)15-17(19)2/h7-8,15,20H,5-6,9-14,16H2,1-4H3,(H,25,28). The number of likely N-dealkylation sites (tertiary alicyclic amines) is 2. The maximum atomic E-state index is 13.3. The number of nitrogens with zero attached hydrogens (tertiary/aromatic N) is 2. The molecule has 2 saturated heterocycles. The van der Waals surface area contributed by atoms with Crippen molar-refractivity contribution in [1.82, 2.24) is 15.1 Å². The van der Waals surface area contributed by atoms with Crippen LogP contribution in [0.5, 0.6) is 5.75 Å². The summed E-state index contributed by atoms with van der Waals surface area (Å²) in [4.78, 5) is 42.7. The van der Waals surface area contributed by atoms with Gasteiger partial charge >= 0.3 is 0 Å². The van der Waals surface area contributed by atoms with E-state index < -0.39 is 11.5 Å². The van der Waals surface area contributed by atoms with E-state index >= 15 is 0 Å². The quantitative estimate of drug-likeness (QED) is 0.619. The van der Waals surface area contributed by atoms with E-state index in [9.17, 15) is 14.4 Å². The third-order valence-electron chi connectivity index (χ3n) is 6.81. The summed E-state index contributed by atoms with van der Waals surface area (Å²) in [5, 5.41) is 2.94. The monoisotopic (exact) mass is 445 g/mol. The number of hydrogen-bond donors (Lipinski definition) is 1. The third-order valence-corrected chi connectivity index (χ3v) is 6.81. The Morgan fingerprint density at radius 1 is 1.22 bits per heavy atom. The third kappa shape index (κ3) is 4.75. The van der Waals surface area contributed by atoms with Crippen LogP contribution in [0.3, 0.4) is 0 Å². The number of aryl methyl sites for hydroxylation is 1. The Morgan fingerprint density at radius 3 is 2.53 bits per heavy atom. The molecule has 0 radical (unpaired) electrons. The minimum absolute atomic E-state index is 0.0229. The van der Waals surface area contributed by atoms with Crippen molar-refractivity contribution in [3.63, 3.8) is 0 Å². The second-order valence-electron chi connectivity index (χ2n) is 8.70. The van der Waals surface area contributed by atoms with Crippen molar-refractivity contribution in [1.29, 1.82) is 0 Å². The molecule has 2 fully saturated rings. The fourth-order valence-corrected chi connectivity index (χ4v) is 4.89. The minimum Gasteiger partial charge on any atom is -0.497 e. The van der Waals surface area contributed by atoms with Crippen LogP contribution in [0.1, 0.15) is 48.5 Å². The summed E-state index contributed by atoms with van der Waals surface area (Å²) in [5.41, 5.74) is 0.966. The van der Waals surface area contributed by atoms with Crippen molar-refractivity contribution < 1.29 is 23.9 Å². The van der Waals surface area contributed by atoms with Crippen molar-refractivity contribution in [2.45, 2.75) is 45.6 Å². The lowest BCUT2D eigenvalue weighted by molar-refractivity contribution is -0.140. The topological polar surface area (TPSA) is 88.2 Å². The smallest absolute Gasteiger partial charge is 0.254 e. The number of rotatable bonds is 8. The summed E-state index contributed by atoms with van der Waals surface area (Å²) in [6.45, 7) is 6.45. The number of carbonyl (C=O) groups is 3. The molecule has 0 aromatic heterocycles. The molecule has 0 bridgehead atoms. The van der Waals surface area contributed by atoms with E-state index in [1.165, 1.54) is 0 Å². The van der Waals surface area contributed by atoms with Gasteiger partial charge in [0, 0.05) is 45.5 Å². The lowest BCUT2D eigenvalue weighted by Gasteiger charge is -2.38. The van der Waals surface area contributed by atoms with Gasteiger partial charge in [-0.1, -0.05) is 0 Å². The van der Waals surface area contributed by atoms with Gasteiger partial charge in [0.25, 0.3) is 5.91 Å². The van der Waals surface area contributed by atoms with Gasteiger partial charge in [0.15, 0.2) is 0 Å². The molecule has 8 heteroatoms. The molecule has 3 amide bonds. The van der Waals surface area contributed by atoms with Gasteiger partial charge in [0.05, 0.1) is 12.5 Å². The van der Waals surface area contributed by atoms with Gasteiger partial charge in [-0.2, -0.15) is 0 Å². The molecule has 1 aromatic carbocycles. The van der Waals surface area contributed by atoms with E-state index in [-0.39, 0.29) is 17.7 Å². The number of nitrogens with one attached hydrogen (secondary N) is 1. The Kier molecular flexibility index (Phi) is 7.77. The Morgan fingerprint density at radius 2 is 1.94 bits per heavy atom. The molecule has 1 unspecified atom stereocenters. The predicted octanol–water partition coefficient (Wildman–Crippen LogP) is 2.00. The Bertz CT molecular complexity index is 848. The number of ether oxygens (including phenoxy) is 2. The second-order valence-corrected chi connectivity index (χ2v) is 8.70. The van der Waals surface area contributed by atoms with E-state index in [1.54, 1.807) is 31.3 Å². The molecule has 2 heterocycles. The first-order chi connectivity index (χ1) is 15.4. The average molecular weight is 446 g/mol. The minimum atomic E-state index is -0.559. The molecule has 2 aliphatic rings. The highest BCUT2D eigenvalue weighted by Gasteiger charge is 2.54. The van der Waals surface area contributed by atoms with Crippen LogP contribution >= 0.6 is 0 Å². The van der Waals surface area contributed by atoms with Crippen LogP contribution in [0.25, 0.3) is 0 Å². The molecule has 8 nitrogen and oxygen atoms in total. The first kappa shape index (κ1) is 24.0. The first-order valence-electron chi connectivity index (χ1n) is 11.4. The van der Waals surface area contributed by atoms with Crippen LogP contribution < -0.4 is 10.1 Å². The highest BCUT2D eigenvalue weighted by molar-refractivity contribution is 5.97. The van der Waals surface area contributed by atoms with Crippen LogP contribution in [0, 0.1) is 12.3 Å². The molecule has 176 valence electrons. The lowest BCUT2D eigenvalue weighted by atomic mass is 9.75. The van der Waals surface area contributed by atoms with Crippen molar-refractivity contribution in [3.05, 3.63) is 29.3 Å². The molecular formula is C24H35N3O5. The van der Waals surface area contributed by atoms with Gasteiger partial charge in [-0.3, -0.25) is 14.4 Å². The van der Waals surface area contributed by atoms with Gasteiger partial charge in [-0.05, 0) is 63.3 Å². The van der Waals surface area contributed by atoms with Crippen LogP contribution in [-0.2, 0) is 14.3 Å². The molecule has 1 N–H and O–H groups in total. The molecule has 1 spiro atoms. The van der Waals surface area contributed by atoms with E-state index in [4.69, 9.17) is 9.47 Å². The Hall–Kier alpha value is -2.61. The molecule has 3 rings (SSSR count). The van der Waals surface area contributed by atoms with Gasteiger partial charge in [-0.25, -0.2) is 0 Å². The zero-order valence-electron chi connectivity index (χ0n) is 19.6. The summed E-state index contributed by atoms with van der Waals surface area (Å²) in [7, 11) is 3.23. The first-order valence-corrected chi connectivity index (χ1v) is 11.4. The van der Waals surface area contributed by atoms with E-state index in [1.807, 2.05) is 24.8 Å². The molecule has 32 heavy (non-hydrogen) atoms. The van der Waals surface area contributed by atoms with Gasteiger partial charge in [0.1, 0.15) is 11.8 Å². The average Bonchev–Trinajstić information content (AvgIpc) is 3.07. The molecule has 1 aromatic rings. The summed E-state index contributed by atoms with van der Waals surface area (Å²) in [5.74, 6) is 0.648. The van der Waals surface area contributed by atoms with Crippen molar-refractivity contribution in [3.8, 4) is 5.75 Å². The number of amides is 3. The van der Waals surface area contributed by atoms with E-state index in [0.717, 1.165) is 17.7 Å². The second kappa shape index (κ2) is 10.3. The van der Waals surface area contributed by atoms with Crippen molar-refractivity contribution >= 4 is 17.7 Å². The maximum Gasteiger partial charge on any atom is 0.254 e. The fraction of sp³-hybridized carbons (Fsp3) is 0.625. The van der Waals surface area contributed by atoms with Gasteiger partial charge < -0.3 is 24.6 Å². The summed E-state index contributed by atoms with van der Waals surface area (Å²) in [6, 6.07) is 5.00. The fourth-order valence-electron chi connectivity index (χ4n) is 4.89. The molecule has 1 atom stereocenters. The summed E-state index contributed by atoms with van der Waals surface area (Å²) >= 11 is 0. The summed E-state index contributed by atoms with van der Waals surface area (Å²) < 4.78 is 10.3. The summed E-state index contributed by atoms with van der Waals surface area (Å²) in [6.07, 6.45) is 2.41. The molecule has 0 aliphatic carbocycles. The zero-order valence-corrected chi connectivity index (χ0v) is 19.6. The van der Waals surface area contributed by atoms with Crippen molar-refractivity contribution in [2.24, 2.45) is 5.41 Å². The van der Waals surface area contributed by atoms with E-state index in [0.29, 0.717) is 57.6 Å². The largest absolute Gasteiger partial charge is 0.497 e. The molecular weight excluding hydrogens is 410 g/mol. The SMILES string of the molecule is CCN1C(=O)C2(CCN(C(=O)c3ccc(OC)cc3C)CC2)CC1C(=O)NCCCOC. The number of piperidine rings is 1. The molecule has 2 aliphatic heterocycles.